The Hall–Kier alpha value is -2.59. The van der Waals surface area contributed by atoms with Gasteiger partial charge in [0.2, 0.25) is 0 Å². The zero-order valence-corrected chi connectivity index (χ0v) is 15.2. The molecular formula is C14H12BrClN8O. The van der Waals surface area contributed by atoms with Gasteiger partial charge < -0.3 is 5.32 Å². The number of anilines is 1. The van der Waals surface area contributed by atoms with E-state index in [2.05, 4.69) is 51.6 Å². The molecule has 0 saturated heterocycles. The maximum atomic E-state index is 12.2. The second kappa shape index (κ2) is 7.53. The summed E-state index contributed by atoms with van der Waals surface area (Å²) >= 11 is 9.15. The van der Waals surface area contributed by atoms with E-state index in [0.717, 1.165) is 0 Å². The Morgan fingerprint density at radius 1 is 1.28 bits per heavy atom. The summed E-state index contributed by atoms with van der Waals surface area (Å²) in [4.78, 5) is 28.6. The molecule has 0 bridgehead atoms. The third kappa shape index (κ3) is 4.09. The van der Waals surface area contributed by atoms with Crippen molar-refractivity contribution in [1.82, 2.24) is 35.0 Å². The van der Waals surface area contributed by atoms with Crippen LogP contribution in [0.25, 0.3) is 5.95 Å². The fourth-order valence-corrected chi connectivity index (χ4v) is 2.38. The Labute approximate surface area is 156 Å². The average molecular weight is 424 g/mol. The topological polar surface area (TPSA) is 111 Å². The van der Waals surface area contributed by atoms with E-state index in [0.29, 0.717) is 22.1 Å². The Morgan fingerprint density at radius 2 is 2.04 bits per heavy atom. The van der Waals surface area contributed by atoms with Gasteiger partial charge in [-0.1, -0.05) is 11.6 Å². The molecule has 3 aromatic rings. The number of amides is 2. The van der Waals surface area contributed by atoms with Crippen LogP contribution in [0.15, 0.2) is 41.4 Å². The zero-order valence-electron chi connectivity index (χ0n) is 12.9. The van der Waals surface area contributed by atoms with E-state index in [4.69, 9.17) is 11.6 Å². The number of nitrogens with one attached hydrogen (secondary N) is 2. The minimum atomic E-state index is -0.457. The summed E-state index contributed by atoms with van der Waals surface area (Å²) in [5, 5.41) is 9.71. The lowest BCUT2D eigenvalue weighted by molar-refractivity contribution is 0.248. The third-order valence-electron chi connectivity index (χ3n) is 3.10. The molecule has 0 spiro atoms. The van der Waals surface area contributed by atoms with Crippen molar-refractivity contribution in [1.29, 1.82) is 0 Å². The maximum absolute atomic E-state index is 12.2. The van der Waals surface area contributed by atoms with E-state index in [1.54, 1.807) is 37.5 Å². The summed E-state index contributed by atoms with van der Waals surface area (Å²) in [6.07, 6.45) is 4.57. The van der Waals surface area contributed by atoms with Crippen molar-refractivity contribution in [2.24, 2.45) is 0 Å². The van der Waals surface area contributed by atoms with E-state index in [1.807, 2.05) is 0 Å². The van der Waals surface area contributed by atoms with Gasteiger partial charge in [0.15, 0.2) is 5.82 Å². The van der Waals surface area contributed by atoms with Gasteiger partial charge in [0.1, 0.15) is 17.3 Å². The fraction of sp³-hybridized carbons (Fsp3) is 0.143. The first kappa shape index (κ1) is 17.2. The molecule has 0 aliphatic rings. The first-order valence-corrected chi connectivity index (χ1v) is 8.28. The van der Waals surface area contributed by atoms with Crippen LogP contribution in [0.2, 0.25) is 5.15 Å². The molecule has 0 aromatic carbocycles. The number of carbonyl (C=O) groups excluding carboxylic acids is 1. The number of hydrogen-bond donors (Lipinski definition) is 2. The van der Waals surface area contributed by atoms with Crippen molar-refractivity contribution in [3.63, 3.8) is 0 Å². The number of rotatable bonds is 4. The highest BCUT2D eigenvalue weighted by molar-refractivity contribution is 9.10. The molecule has 0 aliphatic carbocycles. The van der Waals surface area contributed by atoms with Crippen LogP contribution in [0, 0.1) is 0 Å². The van der Waals surface area contributed by atoms with E-state index in [-0.39, 0.29) is 5.15 Å². The molecule has 2 N–H and O–H groups in total. The number of pyridine rings is 1. The van der Waals surface area contributed by atoms with Crippen molar-refractivity contribution < 1.29 is 4.79 Å². The van der Waals surface area contributed by atoms with Gasteiger partial charge in [0.05, 0.1) is 10.5 Å². The molecule has 0 aliphatic heterocycles. The number of urea groups is 1. The van der Waals surface area contributed by atoms with Gasteiger partial charge in [-0.05, 0) is 41.1 Å². The van der Waals surface area contributed by atoms with Crippen LogP contribution in [-0.2, 0) is 0 Å². The first-order chi connectivity index (χ1) is 12.0. The van der Waals surface area contributed by atoms with Crippen LogP contribution in [0.4, 0.5) is 10.6 Å². The Morgan fingerprint density at radius 3 is 2.76 bits per heavy atom. The lowest BCUT2D eigenvalue weighted by Crippen LogP contribution is -2.33. The minimum absolute atomic E-state index is 0.256. The van der Waals surface area contributed by atoms with Crippen molar-refractivity contribution in [3.05, 3.63) is 52.4 Å². The lowest BCUT2D eigenvalue weighted by atomic mass is 10.3. The molecule has 0 radical (unpaired) electrons. The molecule has 0 fully saturated rings. The van der Waals surface area contributed by atoms with Gasteiger partial charge in [-0.15, -0.1) is 0 Å². The number of hydrogen-bond acceptors (Lipinski definition) is 6. The highest BCUT2D eigenvalue weighted by atomic mass is 79.9. The molecule has 11 heteroatoms. The quantitative estimate of drug-likeness (QED) is 0.624. The van der Waals surface area contributed by atoms with Crippen LogP contribution in [0.1, 0.15) is 18.8 Å². The molecule has 128 valence electrons. The number of carbonyl (C=O) groups is 1. The second-order valence-electron chi connectivity index (χ2n) is 4.87. The number of halogens is 2. The third-order valence-corrected chi connectivity index (χ3v) is 4.25. The molecule has 1 atom stereocenters. The van der Waals surface area contributed by atoms with Gasteiger partial charge in [-0.3, -0.25) is 5.32 Å². The van der Waals surface area contributed by atoms with E-state index >= 15 is 0 Å². The molecule has 3 heterocycles. The van der Waals surface area contributed by atoms with E-state index < -0.39 is 12.1 Å². The lowest BCUT2D eigenvalue weighted by Gasteiger charge is -2.14. The van der Waals surface area contributed by atoms with Crippen molar-refractivity contribution in [2.75, 3.05) is 5.32 Å². The highest BCUT2D eigenvalue weighted by Gasteiger charge is 2.18. The van der Waals surface area contributed by atoms with Crippen LogP contribution < -0.4 is 10.6 Å². The van der Waals surface area contributed by atoms with E-state index in [9.17, 15) is 4.79 Å². The van der Waals surface area contributed by atoms with Crippen molar-refractivity contribution >= 4 is 39.4 Å². The van der Waals surface area contributed by atoms with Gasteiger partial charge in [0.25, 0.3) is 5.95 Å². The Bertz CT molecular complexity index is 888. The normalized spacial score (nSPS) is 11.8. The highest BCUT2D eigenvalue weighted by Crippen LogP contribution is 2.21. The molecule has 0 saturated carbocycles. The summed E-state index contributed by atoms with van der Waals surface area (Å²) in [5.41, 5.74) is 0. The van der Waals surface area contributed by atoms with E-state index in [1.165, 1.54) is 11.0 Å². The SMILES string of the molecule is CC(NC(=O)Nc1ccc(Br)c(Cl)n1)c1ncnn1-c1ncccn1. The minimum Gasteiger partial charge on any atom is -0.328 e. The maximum Gasteiger partial charge on any atom is 0.320 e. The standard InChI is InChI=1S/C14H12BrClN8O/c1-8(12-19-7-20-24(12)13-17-5-2-6-18-13)21-14(25)23-10-4-3-9(15)11(16)22-10/h2-8H,1H3,(H2,21,22,23,25). The predicted octanol–water partition coefficient (Wildman–Crippen LogP) is 2.75. The summed E-state index contributed by atoms with van der Waals surface area (Å²) in [7, 11) is 0. The summed E-state index contributed by atoms with van der Waals surface area (Å²) < 4.78 is 2.10. The molecule has 3 aromatic heterocycles. The summed E-state index contributed by atoms with van der Waals surface area (Å²) in [6, 6.07) is 4.11. The van der Waals surface area contributed by atoms with Crippen molar-refractivity contribution in [2.45, 2.75) is 13.0 Å². The monoisotopic (exact) mass is 422 g/mol. The van der Waals surface area contributed by atoms with Crippen LogP contribution in [0.5, 0.6) is 0 Å². The number of nitrogens with zero attached hydrogens (tertiary/aromatic N) is 6. The largest absolute Gasteiger partial charge is 0.328 e. The van der Waals surface area contributed by atoms with Crippen LogP contribution >= 0.6 is 27.5 Å². The molecule has 2 amide bonds. The fourth-order valence-electron chi connectivity index (χ4n) is 2.00. The smallest absolute Gasteiger partial charge is 0.320 e. The first-order valence-electron chi connectivity index (χ1n) is 7.11. The van der Waals surface area contributed by atoms with Crippen LogP contribution in [0.3, 0.4) is 0 Å². The Balaban J connectivity index is 1.70. The zero-order chi connectivity index (χ0) is 17.8. The van der Waals surface area contributed by atoms with Gasteiger partial charge in [-0.2, -0.15) is 9.78 Å². The second-order valence-corrected chi connectivity index (χ2v) is 6.08. The molecule has 1 unspecified atom stereocenters. The summed E-state index contributed by atoms with van der Waals surface area (Å²) in [6.45, 7) is 1.77. The summed E-state index contributed by atoms with van der Waals surface area (Å²) in [5.74, 6) is 1.18. The Kier molecular flexibility index (Phi) is 5.19. The van der Waals surface area contributed by atoms with Gasteiger partial charge >= 0.3 is 6.03 Å². The predicted molar refractivity (Wildman–Crippen MR) is 94.5 cm³/mol. The number of aromatic nitrogens is 6. The van der Waals surface area contributed by atoms with Gasteiger partial charge in [0, 0.05) is 12.4 Å². The average Bonchev–Trinajstić information content (AvgIpc) is 3.09. The molecule has 3 rings (SSSR count). The van der Waals surface area contributed by atoms with Crippen molar-refractivity contribution in [3.8, 4) is 5.95 Å². The molecular weight excluding hydrogens is 412 g/mol. The van der Waals surface area contributed by atoms with Crippen LogP contribution in [-0.4, -0.2) is 35.7 Å². The molecule has 25 heavy (non-hydrogen) atoms. The van der Waals surface area contributed by atoms with Gasteiger partial charge in [-0.25, -0.2) is 24.7 Å². The molecule has 9 nitrogen and oxygen atoms in total.